The Morgan fingerprint density at radius 1 is 1.45 bits per heavy atom. The molecule has 11 heavy (non-hydrogen) atoms. The summed E-state index contributed by atoms with van der Waals surface area (Å²) in [6.45, 7) is 5.48. The fraction of sp³-hybridized carbons (Fsp3) is 1.00. The van der Waals surface area contributed by atoms with Crippen molar-refractivity contribution < 1.29 is 10.2 Å². The van der Waals surface area contributed by atoms with E-state index in [1.54, 1.807) is 0 Å². The van der Waals surface area contributed by atoms with E-state index in [4.69, 9.17) is 0 Å². The molecule has 2 unspecified atom stereocenters. The molecule has 0 aromatic carbocycles. The van der Waals surface area contributed by atoms with Gasteiger partial charge in [-0.25, -0.2) is 0 Å². The van der Waals surface area contributed by atoms with Crippen molar-refractivity contribution in [3.05, 3.63) is 0 Å². The molecule has 1 saturated carbocycles. The summed E-state index contributed by atoms with van der Waals surface area (Å²) < 4.78 is 0. The van der Waals surface area contributed by atoms with E-state index in [1.807, 2.05) is 20.8 Å². The van der Waals surface area contributed by atoms with Crippen molar-refractivity contribution in [2.75, 3.05) is 0 Å². The number of rotatable bonds is 1. The van der Waals surface area contributed by atoms with Crippen molar-refractivity contribution in [2.45, 2.75) is 51.2 Å². The highest BCUT2D eigenvalue weighted by atomic mass is 16.3. The Kier molecular flexibility index (Phi) is 2.01. The van der Waals surface area contributed by atoms with Crippen LogP contribution in [0.1, 0.15) is 40.0 Å². The molecule has 2 heteroatoms. The average molecular weight is 158 g/mol. The average Bonchev–Trinajstić information content (AvgIpc) is 2.07. The van der Waals surface area contributed by atoms with Crippen LogP contribution in [0.25, 0.3) is 0 Å². The van der Waals surface area contributed by atoms with Gasteiger partial charge < -0.3 is 10.2 Å². The molecular weight excluding hydrogens is 140 g/mol. The largest absolute Gasteiger partial charge is 0.390 e. The van der Waals surface area contributed by atoms with Gasteiger partial charge in [0, 0.05) is 0 Å². The summed E-state index contributed by atoms with van der Waals surface area (Å²) in [5.74, 6) is 0.262. The van der Waals surface area contributed by atoms with Gasteiger partial charge in [0.1, 0.15) is 0 Å². The normalized spacial score (nSPS) is 39.5. The summed E-state index contributed by atoms with van der Waals surface area (Å²) in [4.78, 5) is 0. The van der Waals surface area contributed by atoms with Crippen molar-refractivity contribution >= 4 is 0 Å². The van der Waals surface area contributed by atoms with Gasteiger partial charge in [0.2, 0.25) is 0 Å². The lowest BCUT2D eigenvalue weighted by Crippen LogP contribution is -2.31. The molecule has 2 atom stereocenters. The molecule has 1 aliphatic rings. The minimum atomic E-state index is -0.625. The summed E-state index contributed by atoms with van der Waals surface area (Å²) in [7, 11) is 0. The zero-order valence-corrected chi connectivity index (χ0v) is 7.59. The second-order valence-corrected chi connectivity index (χ2v) is 4.59. The van der Waals surface area contributed by atoms with E-state index in [-0.39, 0.29) is 5.92 Å². The van der Waals surface area contributed by atoms with Gasteiger partial charge in [0.05, 0.1) is 11.2 Å². The molecule has 1 rings (SSSR count). The fourth-order valence-corrected chi connectivity index (χ4v) is 1.82. The number of aliphatic hydroxyl groups is 2. The van der Waals surface area contributed by atoms with Crippen LogP contribution >= 0.6 is 0 Å². The van der Waals surface area contributed by atoms with Crippen LogP contribution in [0.4, 0.5) is 0 Å². The Labute approximate surface area is 68.2 Å². The predicted octanol–water partition coefficient (Wildman–Crippen LogP) is 1.31. The van der Waals surface area contributed by atoms with Crippen molar-refractivity contribution in [1.82, 2.24) is 0 Å². The molecule has 0 amide bonds. The number of hydrogen-bond donors (Lipinski definition) is 2. The van der Waals surface area contributed by atoms with Gasteiger partial charge in [-0.1, -0.05) is 0 Å². The van der Waals surface area contributed by atoms with Crippen LogP contribution in [0.5, 0.6) is 0 Å². The third-order valence-electron chi connectivity index (χ3n) is 2.72. The Morgan fingerprint density at radius 3 is 2.18 bits per heavy atom. The minimum absolute atomic E-state index is 0.262. The monoisotopic (exact) mass is 158 g/mol. The summed E-state index contributed by atoms with van der Waals surface area (Å²) in [5.41, 5.74) is -1.16. The lowest BCUT2D eigenvalue weighted by atomic mass is 9.88. The summed E-state index contributed by atoms with van der Waals surface area (Å²) >= 11 is 0. The fourth-order valence-electron chi connectivity index (χ4n) is 1.82. The molecular formula is C9H18O2. The second-order valence-electron chi connectivity index (χ2n) is 4.59. The highest BCUT2D eigenvalue weighted by Gasteiger charge is 2.39. The maximum Gasteiger partial charge on any atom is 0.0623 e. The molecule has 2 nitrogen and oxygen atoms in total. The molecule has 0 radical (unpaired) electrons. The molecule has 0 aromatic rings. The first-order valence-electron chi connectivity index (χ1n) is 4.26. The first-order chi connectivity index (χ1) is 4.81. The van der Waals surface area contributed by atoms with Gasteiger partial charge in [-0.2, -0.15) is 0 Å². The lowest BCUT2D eigenvalue weighted by molar-refractivity contribution is -0.000853. The summed E-state index contributed by atoms with van der Waals surface area (Å²) in [5, 5.41) is 19.3. The van der Waals surface area contributed by atoms with Crippen LogP contribution in [0.15, 0.2) is 0 Å². The van der Waals surface area contributed by atoms with Gasteiger partial charge in [-0.15, -0.1) is 0 Å². The molecule has 1 aliphatic carbocycles. The molecule has 0 aromatic heterocycles. The molecule has 1 fully saturated rings. The third kappa shape index (κ3) is 2.17. The SMILES string of the molecule is CC1(O)CCC(C(C)(C)O)C1. The maximum atomic E-state index is 9.64. The molecule has 0 bridgehead atoms. The van der Waals surface area contributed by atoms with Crippen LogP contribution < -0.4 is 0 Å². The standard InChI is InChI=1S/C9H18O2/c1-8(2,10)7-4-5-9(3,11)6-7/h7,10-11H,4-6H2,1-3H3. The summed E-state index contributed by atoms with van der Waals surface area (Å²) in [6, 6.07) is 0. The van der Waals surface area contributed by atoms with Crippen LogP contribution in [0, 0.1) is 5.92 Å². The Bertz CT molecular complexity index is 144. The van der Waals surface area contributed by atoms with Gasteiger partial charge >= 0.3 is 0 Å². The van der Waals surface area contributed by atoms with Crippen LogP contribution in [0.3, 0.4) is 0 Å². The van der Waals surface area contributed by atoms with Crippen LogP contribution in [-0.4, -0.2) is 21.4 Å². The van der Waals surface area contributed by atoms with Crippen molar-refractivity contribution in [2.24, 2.45) is 5.92 Å². The lowest BCUT2D eigenvalue weighted by Gasteiger charge is -2.26. The van der Waals surface area contributed by atoms with Crippen molar-refractivity contribution in [1.29, 1.82) is 0 Å². The molecule has 0 spiro atoms. The van der Waals surface area contributed by atoms with E-state index in [0.717, 1.165) is 19.3 Å². The van der Waals surface area contributed by atoms with E-state index in [2.05, 4.69) is 0 Å². The zero-order chi connectivity index (χ0) is 8.70. The zero-order valence-electron chi connectivity index (χ0n) is 7.59. The first-order valence-corrected chi connectivity index (χ1v) is 4.26. The minimum Gasteiger partial charge on any atom is -0.390 e. The van der Waals surface area contributed by atoms with Gasteiger partial charge in [0.15, 0.2) is 0 Å². The van der Waals surface area contributed by atoms with Gasteiger partial charge in [0.25, 0.3) is 0 Å². The Morgan fingerprint density at radius 2 is 2.00 bits per heavy atom. The topological polar surface area (TPSA) is 40.5 Å². The molecule has 0 saturated heterocycles. The third-order valence-corrected chi connectivity index (χ3v) is 2.72. The van der Waals surface area contributed by atoms with Crippen molar-refractivity contribution in [3.63, 3.8) is 0 Å². The second kappa shape index (κ2) is 2.46. The molecule has 2 N–H and O–H groups in total. The van der Waals surface area contributed by atoms with Crippen LogP contribution in [-0.2, 0) is 0 Å². The Balaban J connectivity index is 2.55. The maximum absolute atomic E-state index is 9.64. The summed E-state index contributed by atoms with van der Waals surface area (Å²) in [6.07, 6.45) is 2.49. The van der Waals surface area contributed by atoms with E-state index in [9.17, 15) is 10.2 Å². The Hall–Kier alpha value is -0.0800. The van der Waals surface area contributed by atoms with E-state index < -0.39 is 11.2 Å². The van der Waals surface area contributed by atoms with Gasteiger partial charge in [-0.05, 0) is 46.0 Å². The quantitative estimate of drug-likeness (QED) is 0.604. The number of hydrogen-bond acceptors (Lipinski definition) is 2. The highest BCUT2D eigenvalue weighted by Crippen LogP contribution is 2.39. The van der Waals surface area contributed by atoms with Crippen LogP contribution in [0.2, 0.25) is 0 Å². The van der Waals surface area contributed by atoms with E-state index in [0.29, 0.717) is 0 Å². The predicted molar refractivity (Wildman–Crippen MR) is 44.3 cm³/mol. The molecule has 0 heterocycles. The van der Waals surface area contributed by atoms with Gasteiger partial charge in [-0.3, -0.25) is 0 Å². The molecule has 66 valence electrons. The molecule has 0 aliphatic heterocycles. The van der Waals surface area contributed by atoms with E-state index >= 15 is 0 Å². The first kappa shape index (κ1) is 9.01. The smallest absolute Gasteiger partial charge is 0.0623 e. The highest BCUT2D eigenvalue weighted by molar-refractivity contribution is 4.91. The van der Waals surface area contributed by atoms with E-state index in [1.165, 1.54) is 0 Å². The van der Waals surface area contributed by atoms with Crippen molar-refractivity contribution in [3.8, 4) is 0 Å².